The molecule has 0 radical (unpaired) electrons. The van der Waals surface area contributed by atoms with E-state index in [2.05, 4.69) is 20.7 Å². The molecule has 1 aliphatic heterocycles. The number of halogens is 2. The van der Waals surface area contributed by atoms with E-state index in [1.165, 1.54) is 20.8 Å². The molecule has 15 heteroatoms. The number of aliphatic hydroxyl groups is 5. The van der Waals surface area contributed by atoms with Gasteiger partial charge < -0.3 is 51.3 Å². The number of nitrogens with one attached hydrogen (secondary N) is 3. The average Bonchev–Trinajstić information content (AvgIpc) is 2.76. The summed E-state index contributed by atoms with van der Waals surface area (Å²) < 4.78 is 33.9. The smallest absolute Gasteiger partial charge is 0.325 e. The van der Waals surface area contributed by atoms with Crippen LogP contribution in [0.15, 0.2) is 0 Å². The van der Waals surface area contributed by atoms with Crippen molar-refractivity contribution in [2.45, 2.75) is 75.4 Å². The van der Waals surface area contributed by atoms with Crippen LogP contribution in [0, 0.1) is 5.92 Å². The van der Waals surface area contributed by atoms with Gasteiger partial charge in [-0.15, -0.1) is 0 Å². The zero-order valence-corrected chi connectivity index (χ0v) is 18.9. The Labute approximate surface area is 194 Å². The molecule has 0 aromatic rings. The number of aliphatic hydroxyl groups excluding tert-OH is 4. The van der Waals surface area contributed by atoms with E-state index in [0.717, 1.165) is 0 Å². The standard InChI is InChI=1S/C19H33F2N3O10/c1-8(15(29)23-9(2)16(30)24-10(3)17(31)32)4-5-22-7-18(20,21)19(33)14(28)13(27)12(26)11(6-25)34-19/h8-14,22,25-28,33H,4-7H2,1-3H3,(H,23,29)(H,24,30)(H,31,32)/t8-,9-,10-,11+,12-,13-,14+,19?/m0/s1. The molecule has 1 heterocycles. The maximum Gasteiger partial charge on any atom is 0.325 e. The van der Waals surface area contributed by atoms with E-state index in [-0.39, 0.29) is 13.0 Å². The Hall–Kier alpha value is -2.01. The highest BCUT2D eigenvalue weighted by Gasteiger charge is 2.65. The molecule has 8 atom stereocenters. The molecule has 34 heavy (non-hydrogen) atoms. The predicted molar refractivity (Wildman–Crippen MR) is 109 cm³/mol. The summed E-state index contributed by atoms with van der Waals surface area (Å²) in [5, 5.41) is 64.2. The number of carboxylic acid groups (broad SMARTS) is 1. The molecule has 0 aromatic heterocycles. The zero-order valence-electron chi connectivity index (χ0n) is 18.9. The van der Waals surface area contributed by atoms with Crippen LogP contribution in [-0.4, -0.2) is 116 Å². The van der Waals surface area contributed by atoms with Crippen molar-refractivity contribution in [2.24, 2.45) is 5.92 Å². The summed E-state index contributed by atoms with van der Waals surface area (Å²) >= 11 is 0. The molecule has 0 saturated carbocycles. The van der Waals surface area contributed by atoms with Gasteiger partial charge in [0.1, 0.15) is 36.5 Å². The van der Waals surface area contributed by atoms with E-state index in [1.54, 1.807) is 0 Å². The minimum Gasteiger partial charge on any atom is -0.480 e. The third-order valence-corrected chi connectivity index (χ3v) is 5.52. The lowest BCUT2D eigenvalue weighted by molar-refractivity contribution is -0.409. The van der Waals surface area contributed by atoms with Gasteiger partial charge in [0.2, 0.25) is 11.8 Å². The Morgan fingerprint density at radius 2 is 1.59 bits per heavy atom. The van der Waals surface area contributed by atoms with Crippen molar-refractivity contribution < 1.29 is 58.5 Å². The topological polar surface area (TPSA) is 218 Å². The van der Waals surface area contributed by atoms with Gasteiger partial charge in [0.05, 0.1) is 13.2 Å². The molecule has 1 aliphatic rings. The van der Waals surface area contributed by atoms with Crippen molar-refractivity contribution in [3.05, 3.63) is 0 Å². The van der Waals surface area contributed by atoms with Crippen LogP contribution >= 0.6 is 0 Å². The molecule has 1 rings (SSSR count). The summed E-state index contributed by atoms with van der Waals surface area (Å²) in [6.45, 7) is 1.64. The predicted octanol–water partition coefficient (Wildman–Crippen LogP) is -3.51. The van der Waals surface area contributed by atoms with Crippen molar-refractivity contribution in [1.29, 1.82) is 0 Å². The lowest BCUT2D eigenvalue weighted by Crippen LogP contribution is -2.72. The first-order valence-electron chi connectivity index (χ1n) is 10.6. The number of carboxylic acids is 1. The summed E-state index contributed by atoms with van der Waals surface area (Å²) in [5.74, 6) is -11.1. The number of hydrogen-bond acceptors (Lipinski definition) is 10. The van der Waals surface area contributed by atoms with E-state index < -0.39 is 85.1 Å². The van der Waals surface area contributed by atoms with E-state index in [4.69, 9.17) is 10.2 Å². The minimum absolute atomic E-state index is 0.0181. The van der Waals surface area contributed by atoms with Gasteiger partial charge in [-0.05, 0) is 26.8 Å². The first-order chi connectivity index (χ1) is 15.6. The first-order valence-corrected chi connectivity index (χ1v) is 10.6. The van der Waals surface area contributed by atoms with Gasteiger partial charge in [-0.25, -0.2) is 0 Å². The molecule has 9 N–H and O–H groups in total. The van der Waals surface area contributed by atoms with E-state index in [1.807, 2.05) is 0 Å². The highest BCUT2D eigenvalue weighted by Crippen LogP contribution is 2.39. The van der Waals surface area contributed by atoms with Crippen molar-refractivity contribution in [2.75, 3.05) is 19.7 Å². The molecule has 0 aromatic carbocycles. The van der Waals surface area contributed by atoms with Gasteiger partial charge in [0.15, 0.2) is 0 Å². The third kappa shape index (κ3) is 7.00. The quantitative estimate of drug-likeness (QED) is 0.119. The average molecular weight is 501 g/mol. The van der Waals surface area contributed by atoms with Crippen LogP contribution in [0.4, 0.5) is 8.78 Å². The molecular formula is C19H33F2N3O10. The SMILES string of the molecule is C[C@H](NC(=O)[C@H](C)NC(=O)[C@@H](C)CCNCC(F)(F)C1(O)O[C@H](CO)[C@H](O)[C@H](O)[C@H]1O)C(=O)O. The molecule has 1 saturated heterocycles. The fourth-order valence-electron chi connectivity index (χ4n) is 3.10. The second-order valence-electron chi connectivity index (χ2n) is 8.33. The Morgan fingerprint density at radius 3 is 2.12 bits per heavy atom. The summed E-state index contributed by atoms with van der Waals surface area (Å²) in [6.07, 6.45) is -8.44. The van der Waals surface area contributed by atoms with Crippen LogP contribution in [0.1, 0.15) is 27.2 Å². The first kappa shape index (κ1) is 30.0. The van der Waals surface area contributed by atoms with Crippen LogP contribution in [-0.2, 0) is 19.1 Å². The van der Waals surface area contributed by atoms with Crippen LogP contribution < -0.4 is 16.0 Å². The number of hydrogen-bond donors (Lipinski definition) is 9. The highest BCUT2D eigenvalue weighted by atomic mass is 19.3. The molecule has 198 valence electrons. The van der Waals surface area contributed by atoms with E-state index >= 15 is 0 Å². The Balaban J connectivity index is 2.57. The molecule has 1 fully saturated rings. The number of alkyl halides is 2. The normalized spacial score (nSPS) is 30.2. The molecule has 13 nitrogen and oxygen atoms in total. The van der Waals surface area contributed by atoms with E-state index in [9.17, 15) is 43.6 Å². The van der Waals surface area contributed by atoms with Crippen molar-refractivity contribution in [1.82, 2.24) is 16.0 Å². The van der Waals surface area contributed by atoms with Gasteiger partial charge in [-0.3, -0.25) is 14.4 Å². The van der Waals surface area contributed by atoms with Gasteiger partial charge in [0, 0.05) is 5.92 Å². The van der Waals surface area contributed by atoms with Crippen LogP contribution in [0.2, 0.25) is 0 Å². The molecular weight excluding hydrogens is 468 g/mol. The summed E-state index contributed by atoms with van der Waals surface area (Å²) in [7, 11) is 0. The number of carbonyl (C=O) groups excluding carboxylic acids is 2. The van der Waals surface area contributed by atoms with Crippen LogP contribution in [0.3, 0.4) is 0 Å². The lowest BCUT2D eigenvalue weighted by Gasteiger charge is -2.48. The second-order valence-corrected chi connectivity index (χ2v) is 8.33. The molecule has 1 unspecified atom stereocenters. The largest absolute Gasteiger partial charge is 0.480 e. The van der Waals surface area contributed by atoms with Crippen molar-refractivity contribution in [3.63, 3.8) is 0 Å². The number of carbonyl (C=O) groups is 3. The molecule has 0 bridgehead atoms. The molecule has 2 amide bonds. The Kier molecular flexibility index (Phi) is 10.7. The monoisotopic (exact) mass is 501 g/mol. The third-order valence-electron chi connectivity index (χ3n) is 5.52. The maximum atomic E-state index is 14.6. The van der Waals surface area contributed by atoms with E-state index in [0.29, 0.717) is 0 Å². The van der Waals surface area contributed by atoms with Gasteiger partial charge in [0.25, 0.3) is 5.79 Å². The lowest BCUT2D eigenvalue weighted by atomic mass is 9.88. The maximum absolute atomic E-state index is 14.6. The summed E-state index contributed by atoms with van der Waals surface area (Å²) in [5.41, 5.74) is 0. The fraction of sp³-hybridized carbons (Fsp3) is 0.842. The fourth-order valence-corrected chi connectivity index (χ4v) is 3.10. The second kappa shape index (κ2) is 12.1. The van der Waals surface area contributed by atoms with Crippen molar-refractivity contribution in [3.8, 4) is 0 Å². The molecule has 0 aliphatic carbocycles. The Morgan fingerprint density at radius 1 is 1.03 bits per heavy atom. The number of ether oxygens (including phenoxy) is 1. The Bertz CT molecular complexity index is 728. The van der Waals surface area contributed by atoms with Crippen molar-refractivity contribution >= 4 is 17.8 Å². The summed E-state index contributed by atoms with van der Waals surface area (Å²) in [4.78, 5) is 34.9. The van der Waals surface area contributed by atoms with Gasteiger partial charge in [-0.1, -0.05) is 6.92 Å². The number of amides is 2. The van der Waals surface area contributed by atoms with Crippen LogP contribution in [0.5, 0.6) is 0 Å². The number of rotatable bonds is 12. The summed E-state index contributed by atoms with van der Waals surface area (Å²) in [6, 6.07) is -2.21. The van der Waals surface area contributed by atoms with Crippen LogP contribution in [0.25, 0.3) is 0 Å². The zero-order chi connectivity index (χ0) is 26.4. The van der Waals surface area contributed by atoms with Gasteiger partial charge in [-0.2, -0.15) is 8.78 Å². The highest BCUT2D eigenvalue weighted by molar-refractivity contribution is 5.90. The molecule has 0 spiro atoms. The number of aliphatic carboxylic acids is 1. The minimum atomic E-state index is -4.18. The van der Waals surface area contributed by atoms with Gasteiger partial charge >= 0.3 is 11.9 Å².